The van der Waals surface area contributed by atoms with Gasteiger partial charge in [0.15, 0.2) is 6.10 Å². The summed E-state index contributed by atoms with van der Waals surface area (Å²) < 4.78 is 40.6. The Morgan fingerprint density at radius 2 is 1.93 bits per heavy atom. The normalized spacial score (nSPS) is 13.7. The van der Waals surface area contributed by atoms with Crippen LogP contribution < -0.4 is 10.5 Å². The van der Waals surface area contributed by atoms with Gasteiger partial charge in [-0.25, -0.2) is 0 Å². The summed E-state index contributed by atoms with van der Waals surface area (Å²) in [6, 6.07) is -0.558. The molecule has 0 saturated carbocycles. The van der Waals surface area contributed by atoms with Crippen molar-refractivity contribution in [1.82, 2.24) is 15.0 Å². The van der Waals surface area contributed by atoms with Crippen molar-refractivity contribution in [2.45, 2.75) is 19.2 Å². The van der Waals surface area contributed by atoms with Crippen LogP contribution in [0.4, 0.5) is 19.1 Å². The molecule has 1 heterocycles. The second-order valence-corrected chi connectivity index (χ2v) is 2.88. The lowest BCUT2D eigenvalue weighted by Gasteiger charge is -2.15. The SMILES string of the molecule is CC(Oc1nc(N)nc(Cl)n1)C(F)(F)F. The molecule has 0 aliphatic rings. The molecular formula is C6H6ClF3N4O. The Morgan fingerprint density at radius 3 is 2.40 bits per heavy atom. The van der Waals surface area contributed by atoms with Crippen molar-refractivity contribution in [3.63, 3.8) is 0 Å². The molecule has 0 aliphatic heterocycles. The van der Waals surface area contributed by atoms with Crippen molar-refractivity contribution in [2.75, 3.05) is 5.73 Å². The number of hydrogen-bond acceptors (Lipinski definition) is 5. The van der Waals surface area contributed by atoms with Gasteiger partial charge in [0, 0.05) is 0 Å². The van der Waals surface area contributed by atoms with Crippen molar-refractivity contribution in [1.29, 1.82) is 0 Å². The lowest BCUT2D eigenvalue weighted by Crippen LogP contribution is -2.31. The molecule has 2 N–H and O–H groups in total. The number of anilines is 1. The van der Waals surface area contributed by atoms with E-state index in [4.69, 9.17) is 17.3 Å². The fourth-order valence-corrected chi connectivity index (χ4v) is 0.783. The monoisotopic (exact) mass is 242 g/mol. The summed E-state index contributed by atoms with van der Waals surface area (Å²) in [4.78, 5) is 10.0. The molecule has 0 amide bonds. The Balaban J connectivity index is 2.81. The second-order valence-electron chi connectivity index (χ2n) is 2.55. The number of halogens is 4. The summed E-state index contributed by atoms with van der Waals surface area (Å²) in [5.41, 5.74) is 5.14. The van der Waals surface area contributed by atoms with E-state index in [1.54, 1.807) is 0 Å². The van der Waals surface area contributed by atoms with Crippen LogP contribution in [0.1, 0.15) is 6.92 Å². The molecule has 1 aromatic rings. The second kappa shape index (κ2) is 4.05. The minimum absolute atomic E-state index is 0.306. The maximum absolute atomic E-state index is 12.1. The largest absolute Gasteiger partial charge is 0.451 e. The molecule has 0 aliphatic carbocycles. The molecule has 1 aromatic heterocycles. The standard InChI is InChI=1S/C6H6ClF3N4O/c1-2(6(8,9)10)15-5-13-3(7)12-4(11)14-5/h2H,1H3,(H2,11,12,13,14). The number of alkyl halides is 3. The van der Waals surface area contributed by atoms with Gasteiger partial charge in [-0.1, -0.05) is 0 Å². The highest BCUT2D eigenvalue weighted by molar-refractivity contribution is 6.28. The summed E-state index contributed by atoms with van der Waals surface area (Å²) >= 11 is 5.34. The predicted octanol–water partition coefficient (Wildman–Crippen LogP) is 1.44. The first kappa shape index (κ1) is 11.8. The van der Waals surface area contributed by atoms with Gasteiger partial charge in [-0.2, -0.15) is 28.1 Å². The number of nitrogens with zero attached hydrogens (tertiary/aromatic N) is 3. The summed E-state index contributed by atoms with van der Waals surface area (Å²) in [7, 11) is 0. The van der Waals surface area contributed by atoms with Gasteiger partial charge >= 0.3 is 12.2 Å². The van der Waals surface area contributed by atoms with E-state index in [1.807, 2.05) is 0 Å². The van der Waals surface area contributed by atoms with Gasteiger partial charge in [0.05, 0.1) is 0 Å². The van der Waals surface area contributed by atoms with Crippen molar-refractivity contribution < 1.29 is 17.9 Å². The molecule has 0 fully saturated rings. The topological polar surface area (TPSA) is 73.9 Å². The van der Waals surface area contributed by atoms with Crippen LogP contribution in [0.15, 0.2) is 0 Å². The van der Waals surface area contributed by atoms with Gasteiger partial charge in [-0.05, 0) is 18.5 Å². The summed E-state index contributed by atoms with van der Waals surface area (Å²) in [5, 5.41) is -0.327. The van der Waals surface area contributed by atoms with E-state index in [1.165, 1.54) is 0 Å². The van der Waals surface area contributed by atoms with E-state index in [-0.39, 0.29) is 11.2 Å². The number of ether oxygens (including phenoxy) is 1. The maximum Gasteiger partial charge on any atom is 0.425 e. The molecule has 9 heteroatoms. The fourth-order valence-electron chi connectivity index (χ4n) is 0.624. The first-order chi connectivity index (χ1) is 6.79. The molecular weight excluding hydrogens is 237 g/mol. The summed E-state index contributed by atoms with van der Waals surface area (Å²) in [6.07, 6.45) is -6.55. The molecule has 84 valence electrons. The molecule has 1 atom stereocenters. The maximum atomic E-state index is 12.1. The average molecular weight is 243 g/mol. The van der Waals surface area contributed by atoms with Gasteiger partial charge in [0.25, 0.3) is 0 Å². The van der Waals surface area contributed by atoms with E-state index < -0.39 is 18.3 Å². The van der Waals surface area contributed by atoms with E-state index in [9.17, 15) is 13.2 Å². The zero-order chi connectivity index (χ0) is 11.6. The van der Waals surface area contributed by atoms with E-state index >= 15 is 0 Å². The van der Waals surface area contributed by atoms with Gasteiger partial charge in [0.1, 0.15) is 0 Å². The third kappa shape index (κ3) is 3.39. The minimum atomic E-state index is -4.51. The zero-order valence-corrected chi connectivity index (χ0v) is 8.17. The third-order valence-corrected chi connectivity index (χ3v) is 1.52. The molecule has 0 spiro atoms. The molecule has 15 heavy (non-hydrogen) atoms. The molecule has 5 nitrogen and oxygen atoms in total. The summed E-state index contributed by atoms with van der Waals surface area (Å²) in [6.45, 7) is 0.813. The Kier molecular flexibility index (Phi) is 3.18. The van der Waals surface area contributed by atoms with E-state index in [2.05, 4.69) is 19.7 Å². The van der Waals surface area contributed by atoms with Crippen LogP contribution in [0.5, 0.6) is 6.01 Å². The lowest BCUT2D eigenvalue weighted by molar-refractivity contribution is -0.190. The third-order valence-electron chi connectivity index (χ3n) is 1.35. The number of aromatic nitrogens is 3. The Hall–Kier alpha value is -1.31. The Morgan fingerprint density at radius 1 is 1.33 bits per heavy atom. The quantitative estimate of drug-likeness (QED) is 0.849. The molecule has 0 radical (unpaired) electrons. The van der Waals surface area contributed by atoms with Crippen molar-refractivity contribution >= 4 is 17.5 Å². The number of hydrogen-bond donors (Lipinski definition) is 1. The Labute approximate surface area is 87.4 Å². The van der Waals surface area contributed by atoms with Crippen LogP contribution >= 0.6 is 11.6 Å². The first-order valence-electron chi connectivity index (χ1n) is 3.69. The van der Waals surface area contributed by atoms with Gasteiger partial charge in [0.2, 0.25) is 11.2 Å². The minimum Gasteiger partial charge on any atom is -0.451 e. The van der Waals surface area contributed by atoms with Crippen LogP contribution in [0.2, 0.25) is 5.28 Å². The zero-order valence-electron chi connectivity index (χ0n) is 7.42. The van der Waals surface area contributed by atoms with Gasteiger partial charge in [-0.15, -0.1) is 0 Å². The van der Waals surface area contributed by atoms with Gasteiger partial charge in [-0.3, -0.25) is 0 Å². The molecule has 0 saturated heterocycles. The van der Waals surface area contributed by atoms with Crippen LogP contribution in [-0.2, 0) is 0 Å². The van der Waals surface area contributed by atoms with Crippen LogP contribution in [0, 0.1) is 0 Å². The Bertz CT molecular complexity index is 338. The van der Waals surface area contributed by atoms with Gasteiger partial charge < -0.3 is 10.5 Å². The predicted molar refractivity (Wildman–Crippen MR) is 45.4 cm³/mol. The first-order valence-corrected chi connectivity index (χ1v) is 4.07. The number of nitrogens with two attached hydrogens (primary N) is 1. The number of rotatable bonds is 2. The highest BCUT2D eigenvalue weighted by atomic mass is 35.5. The fraction of sp³-hybridized carbons (Fsp3) is 0.500. The van der Waals surface area contributed by atoms with E-state index in [0.717, 1.165) is 6.92 Å². The molecule has 0 bridgehead atoms. The molecule has 1 rings (SSSR count). The van der Waals surface area contributed by atoms with Crippen LogP contribution in [-0.4, -0.2) is 27.2 Å². The number of nitrogen functional groups attached to an aromatic ring is 1. The smallest absolute Gasteiger partial charge is 0.425 e. The van der Waals surface area contributed by atoms with Crippen molar-refractivity contribution in [3.8, 4) is 6.01 Å². The highest BCUT2D eigenvalue weighted by Crippen LogP contribution is 2.23. The molecule has 0 aromatic carbocycles. The van der Waals surface area contributed by atoms with Crippen LogP contribution in [0.3, 0.4) is 0 Å². The molecule has 1 unspecified atom stereocenters. The van der Waals surface area contributed by atoms with E-state index in [0.29, 0.717) is 0 Å². The average Bonchev–Trinajstić information content (AvgIpc) is 1.99. The van der Waals surface area contributed by atoms with Crippen LogP contribution in [0.25, 0.3) is 0 Å². The summed E-state index contributed by atoms with van der Waals surface area (Å²) in [5.74, 6) is -0.306. The van der Waals surface area contributed by atoms with Crippen molar-refractivity contribution in [2.24, 2.45) is 0 Å². The van der Waals surface area contributed by atoms with Crippen molar-refractivity contribution in [3.05, 3.63) is 5.28 Å². The highest BCUT2D eigenvalue weighted by Gasteiger charge is 2.38. The lowest BCUT2D eigenvalue weighted by atomic mass is 10.4.